The van der Waals surface area contributed by atoms with E-state index in [0.29, 0.717) is 22.3 Å². The summed E-state index contributed by atoms with van der Waals surface area (Å²) < 4.78 is 45.4. The SMILES string of the molecule is O=C(Cc1csc(Nc2cccc(C(F)(F)F)c2)n1)N/N=C\c1ccc(-c2ccc(I)cc2)o1. The number of aromatic nitrogens is 1. The van der Waals surface area contributed by atoms with Gasteiger partial charge in [0.25, 0.3) is 0 Å². The van der Waals surface area contributed by atoms with E-state index in [-0.39, 0.29) is 12.1 Å². The molecule has 2 aromatic heterocycles. The Bertz CT molecular complexity index is 1320. The topological polar surface area (TPSA) is 79.5 Å². The fraction of sp³-hybridized carbons (Fsp3) is 0.0870. The Balaban J connectivity index is 1.30. The van der Waals surface area contributed by atoms with Gasteiger partial charge >= 0.3 is 6.18 Å². The molecule has 4 rings (SSSR count). The molecule has 11 heteroatoms. The lowest BCUT2D eigenvalue weighted by molar-refractivity contribution is -0.137. The summed E-state index contributed by atoms with van der Waals surface area (Å²) in [7, 11) is 0. The molecule has 1 amide bonds. The lowest BCUT2D eigenvalue weighted by Gasteiger charge is -2.08. The van der Waals surface area contributed by atoms with Crippen molar-refractivity contribution in [3.05, 3.63) is 86.6 Å². The van der Waals surface area contributed by atoms with Gasteiger partial charge in [-0.25, -0.2) is 10.4 Å². The second kappa shape index (κ2) is 10.4. The van der Waals surface area contributed by atoms with Crippen LogP contribution >= 0.6 is 33.9 Å². The van der Waals surface area contributed by atoms with Gasteiger partial charge in [0.1, 0.15) is 11.5 Å². The molecule has 0 fully saturated rings. The van der Waals surface area contributed by atoms with Crippen LogP contribution < -0.4 is 10.7 Å². The number of nitrogens with one attached hydrogen (secondary N) is 2. The van der Waals surface area contributed by atoms with Gasteiger partial charge < -0.3 is 9.73 Å². The minimum absolute atomic E-state index is 0.0375. The van der Waals surface area contributed by atoms with Gasteiger partial charge in [-0.1, -0.05) is 18.2 Å². The van der Waals surface area contributed by atoms with Gasteiger partial charge in [-0.2, -0.15) is 18.3 Å². The third-order valence-corrected chi connectivity index (χ3v) is 6.00. The smallest absolute Gasteiger partial charge is 0.416 e. The Morgan fingerprint density at radius 2 is 1.94 bits per heavy atom. The molecule has 2 heterocycles. The molecule has 2 N–H and O–H groups in total. The summed E-state index contributed by atoms with van der Waals surface area (Å²) >= 11 is 3.41. The third kappa shape index (κ3) is 6.44. The molecule has 0 spiro atoms. The van der Waals surface area contributed by atoms with Crippen LogP contribution in [0, 0.1) is 3.57 Å². The number of rotatable bonds is 7. The molecule has 0 aliphatic heterocycles. The van der Waals surface area contributed by atoms with Crippen molar-refractivity contribution in [2.45, 2.75) is 12.6 Å². The van der Waals surface area contributed by atoms with Crippen molar-refractivity contribution in [3.8, 4) is 11.3 Å². The minimum Gasteiger partial charge on any atom is -0.455 e. The van der Waals surface area contributed by atoms with Crippen molar-refractivity contribution in [2.24, 2.45) is 5.10 Å². The Labute approximate surface area is 210 Å². The first-order chi connectivity index (χ1) is 16.3. The molecule has 0 atom stereocenters. The van der Waals surface area contributed by atoms with Crippen LogP contribution in [-0.4, -0.2) is 17.1 Å². The number of furan rings is 1. The van der Waals surface area contributed by atoms with E-state index in [2.05, 4.69) is 43.4 Å². The lowest BCUT2D eigenvalue weighted by atomic mass is 10.2. The van der Waals surface area contributed by atoms with Crippen molar-refractivity contribution >= 4 is 56.9 Å². The average molecular weight is 596 g/mol. The molecule has 6 nitrogen and oxygen atoms in total. The maximum absolute atomic E-state index is 12.9. The van der Waals surface area contributed by atoms with E-state index in [1.54, 1.807) is 11.4 Å². The summed E-state index contributed by atoms with van der Waals surface area (Å²) in [5.74, 6) is 0.777. The zero-order valence-electron chi connectivity index (χ0n) is 17.3. The maximum Gasteiger partial charge on any atom is 0.416 e. The van der Waals surface area contributed by atoms with Crippen molar-refractivity contribution in [1.82, 2.24) is 10.4 Å². The molecule has 174 valence electrons. The number of thiazole rings is 1. The Kier molecular flexibility index (Phi) is 7.32. The van der Waals surface area contributed by atoms with Gasteiger partial charge in [-0.15, -0.1) is 11.3 Å². The molecule has 0 saturated heterocycles. The quantitative estimate of drug-likeness (QED) is 0.146. The first-order valence-electron chi connectivity index (χ1n) is 9.83. The van der Waals surface area contributed by atoms with E-state index in [9.17, 15) is 18.0 Å². The first kappa shape index (κ1) is 24.0. The second-order valence-electron chi connectivity index (χ2n) is 7.03. The van der Waals surface area contributed by atoms with Gasteiger partial charge in [0.05, 0.1) is 23.9 Å². The zero-order valence-corrected chi connectivity index (χ0v) is 20.2. The average Bonchev–Trinajstić information content (AvgIpc) is 3.44. The molecule has 0 bridgehead atoms. The molecular weight excluding hydrogens is 580 g/mol. The molecule has 0 radical (unpaired) electrons. The number of anilines is 2. The number of benzene rings is 2. The van der Waals surface area contributed by atoms with Crippen LogP contribution in [0.2, 0.25) is 0 Å². The Morgan fingerprint density at radius 3 is 2.71 bits per heavy atom. The summed E-state index contributed by atoms with van der Waals surface area (Å²) in [5.41, 5.74) is 3.31. The summed E-state index contributed by atoms with van der Waals surface area (Å²) in [6, 6.07) is 16.2. The predicted molar refractivity (Wildman–Crippen MR) is 133 cm³/mol. The number of carbonyl (C=O) groups is 1. The van der Waals surface area contributed by atoms with Crippen LogP contribution in [0.5, 0.6) is 0 Å². The Hall–Kier alpha value is -3.19. The normalized spacial score (nSPS) is 11.6. The van der Waals surface area contributed by atoms with Crippen molar-refractivity contribution in [2.75, 3.05) is 5.32 Å². The van der Waals surface area contributed by atoms with Gasteiger partial charge in [0.2, 0.25) is 5.91 Å². The number of hydrogen-bond donors (Lipinski definition) is 2. The van der Waals surface area contributed by atoms with Crippen LogP contribution in [0.4, 0.5) is 24.0 Å². The number of carbonyl (C=O) groups excluding carboxylic acids is 1. The highest BCUT2D eigenvalue weighted by Crippen LogP contribution is 2.32. The number of amides is 1. The van der Waals surface area contributed by atoms with E-state index < -0.39 is 17.6 Å². The maximum atomic E-state index is 12.9. The van der Waals surface area contributed by atoms with Crippen LogP contribution in [0.3, 0.4) is 0 Å². The van der Waals surface area contributed by atoms with E-state index in [0.717, 1.165) is 21.3 Å². The van der Waals surface area contributed by atoms with Crippen molar-refractivity contribution < 1.29 is 22.4 Å². The predicted octanol–water partition coefficient (Wildman–Crippen LogP) is 6.46. The summed E-state index contributed by atoms with van der Waals surface area (Å²) in [4.78, 5) is 16.4. The number of nitrogens with zero attached hydrogens (tertiary/aromatic N) is 2. The Morgan fingerprint density at radius 1 is 1.15 bits per heavy atom. The number of halogens is 4. The summed E-state index contributed by atoms with van der Waals surface area (Å²) in [6.45, 7) is 0. The van der Waals surface area contributed by atoms with Crippen LogP contribution in [0.1, 0.15) is 17.0 Å². The zero-order chi connectivity index (χ0) is 24.1. The molecule has 2 aromatic carbocycles. The van der Waals surface area contributed by atoms with Gasteiger partial charge in [-0.05, 0) is 65.1 Å². The highest BCUT2D eigenvalue weighted by molar-refractivity contribution is 14.1. The van der Waals surface area contributed by atoms with E-state index in [1.165, 1.54) is 29.7 Å². The van der Waals surface area contributed by atoms with Crippen LogP contribution in [-0.2, 0) is 17.4 Å². The molecule has 0 unspecified atom stereocenters. The minimum atomic E-state index is -4.43. The number of hydrazone groups is 1. The van der Waals surface area contributed by atoms with Gasteiger partial charge in [-0.3, -0.25) is 4.79 Å². The van der Waals surface area contributed by atoms with E-state index >= 15 is 0 Å². The molecule has 0 aliphatic carbocycles. The van der Waals surface area contributed by atoms with Gasteiger partial charge in [0.15, 0.2) is 5.13 Å². The van der Waals surface area contributed by atoms with E-state index in [1.807, 2.05) is 30.3 Å². The van der Waals surface area contributed by atoms with E-state index in [4.69, 9.17) is 4.42 Å². The number of alkyl halides is 3. The van der Waals surface area contributed by atoms with Crippen molar-refractivity contribution in [3.63, 3.8) is 0 Å². The standard InChI is InChI=1S/C23H16F3IN4O2S/c24-23(25,26)15-2-1-3-17(10-15)29-22-30-18(13-34-22)11-21(32)31-28-12-19-8-9-20(33-19)14-4-6-16(27)7-5-14/h1-10,12-13H,11H2,(H,29,30)(H,31,32)/b28-12-. The molecule has 34 heavy (non-hydrogen) atoms. The highest BCUT2D eigenvalue weighted by atomic mass is 127. The van der Waals surface area contributed by atoms with Crippen LogP contribution in [0.15, 0.2) is 75.6 Å². The molecule has 0 saturated carbocycles. The van der Waals surface area contributed by atoms with Crippen LogP contribution in [0.25, 0.3) is 11.3 Å². The summed E-state index contributed by atoms with van der Waals surface area (Å²) in [5, 5.41) is 8.76. The number of hydrogen-bond acceptors (Lipinski definition) is 6. The second-order valence-corrected chi connectivity index (χ2v) is 9.13. The molecule has 0 aliphatic rings. The fourth-order valence-electron chi connectivity index (χ4n) is 2.91. The fourth-order valence-corrected chi connectivity index (χ4v) is 4.00. The molecular formula is C23H16F3IN4O2S. The first-order valence-corrected chi connectivity index (χ1v) is 11.8. The third-order valence-electron chi connectivity index (χ3n) is 4.47. The van der Waals surface area contributed by atoms with Gasteiger partial charge in [0, 0.05) is 20.2 Å². The lowest BCUT2D eigenvalue weighted by Crippen LogP contribution is -2.19. The largest absolute Gasteiger partial charge is 0.455 e. The van der Waals surface area contributed by atoms with Crippen molar-refractivity contribution in [1.29, 1.82) is 0 Å². The molecule has 4 aromatic rings. The highest BCUT2D eigenvalue weighted by Gasteiger charge is 2.30. The monoisotopic (exact) mass is 596 g/mol. The summed E-state index contributed by atoms with van der Waals surface area (Å²) in [6.07, 6.45) is -3.07.